The molecule has 0 amide bonds. The van der Waals surface area contributed by atoms with Gasteiger partial charge in [0.25, 0.3) is 0 Å². The standard InChI is InChI=1S/C17H16ClN3/c18-14-8-4-5-9-16(14)21-12-20-11-17(21)15(19)10-13-6-2-1-3-7-13/h1-9,11-12,15H,10,19H2/t15-/m1/s1. The van der Waals surface area contributed by atoms with Gasteiger partial charge in [0.2, 0.25) is 0 Å². The Kier molecular flexibility index (Phi) is 4.04. The number of halogens is 1. The Morgan fingerprint density at radius 3 is 2.52 bits per heavy atom. The fraction of sp³-hybridized carbons (Fsp3) is 0.118. The molecular formula is C17H16ClN3. The number of hydrogen-bond donors (Lipinski definition) is 1. The molecule has 21 heavy (non-hydrogen) atoms. The second-order valence-corrected chi connectivity index (χ2v) is 5.34. The first-order valence-corrected chi connectivity index (χ1v) is 7.20. The number of nitrogens with zero attached hydrogens (tertiary/aromatic N) is 2. The zero-order valence-corrected chi connectivity index (χ0v) is 12.2. The van der Waals surface area contributed by atoms with Gasteiger partial charge in [-0.15, -0.1) is 0 Å². The van der Waals surface area contributed by atoms with Crippen molar-refractivity contribution in [1.29, 1.82) is 0 Å². The first-order chi connectivity index (χ1) is 10.3. The van der Waals surface area contributed by atoms with Crippen molar-refractivity contribution in [2.45, 2.75) is 12.5 Å². The summed E-state index contributed by atoms with van der Waals surface area (Å²) >= 11 is 6.26. The number of rotatable bonds is 4. The zero-order chi connectivity index (χ0) is 14.7. The van der Waals surface area contributed by atoms with Gasteiger partial charge in [0.05, 0.1) is 35.0 Å². The van der Waals surface area contributed by atoms with E-state index in [0.717, 1.165) is 17.8 Å². The Labute approximate surface area is 129 Å². The molecule has 4 heteroatoms. The highest BCUT2D eigenvalue weighted by Crippen LogP contribution is 2.24. The topological polar surface area (TPSA) is 43.8 Å². The molecule has 0 radical (unpaired) electrons. The third-order valence-corrected chi connectivity index (χ3v) is 3.78. The molecule has 0 saturated carbocycles. The molecule has 0 spiro atoms. The van der Waals surface area contributed by atoms with Crippen LogP contribution >= 0.6 is 11.6 Å². The quantitative estimate of drug-likeness (QED) is 0.796. The number of hydrogen-bond acceptors (Lipinski definition) is 2. The van der Waals surface area contributed by atoms with E-state index in [4.69, 9.17) is 17.3 Å². The fourth-order valence-electron chi connectivity index (χ4n) is 2.40. The van der Waals surface area contributed by atoms with E-state index in [9.17, 15) is 0 Å². The Morgan fingerprint density at radius 2 is 1.76 bits per heavy atom. The Balaban J connectivity index is 1.91. The van der Waals surface area contributed by atoms with E-state index >= 15 is 0 Å². The maximum absolute atomic E-state index is 6.36. The SMILES string of the molecule is N[C@H](Cc1ccccc1)c1cncn1-c1ccccc1Cl. The van der Waals surface area contributed by atoms with Crippen molar-refractivity contribution >= 4 is 11.6 Å². The van der Waals surface area contributed by atoms with Crippen LogP contribution in [-0.2, 0) is 6.42 Å². The van der Waals surface area contributed by atoms with E-state index in [2.05, 4.69) is 17.1 Å². The van der Waals surface area contributed by atoms with Crippen molar-refractivity contribution in [3.8, 4) is 5.69 Å². The molecule has 0 aliphatic heterocycles. The lowest BCUT2D eigenvalue weighted by Gasteiger charge is -2.15. The summed E-state index contributed by atoms with van der Waals surface area (Å²) in [5.41, 5.74) is 9.41. The molecule has 1 atom stereocenters. The second kappa shape index (κ2) is 6.12. The van der Waals surface area contributed by atoms with E-state index in [0.29, 0.717) is 5.02 Å². The molecule has 0 saturated heterocycles. The molecule has 3 aromatic rings. The zero-order valence-electron chi connectivity index (χ0n) is 11.5. The average molecular weight is 298 g/mol. The second-order valence-electron chi connectivity index (χ2n) is 4.94. The lowest BCUT2D eigenvalue weighted by Crippen LogP contribution is -2.17. The molecule has 0 aliphatic carbocycles. The molecule has 2 N–H and O–H groups in total. The molecule has 1 aromatic heterocycles. The third-order valence-electron chi connectivity index (χ3n) is 3.46. The van der Waals surface area contributed by atoms with Gasteiger partial charge in [-0.1, -0.05) is 54.1 Å². The van der Waals surface area contributed by atoms with Crippen LogP contribution in [-0.4, -0.2) is 9.55 Å². The maximum Gasteiger partial charge on any atom is 0.0995 e. The molecule has 0 bridgehead atoms. The van der Waals surface area contributed by atoms with Gasteiger partial charge in [-0.3, -0.25) is 0 Å². The highest BCUT2D eigenvalue weighted by molar-refractivity contribution is 6.32. The summed E-state index contributed by atoms with van der Waals surface area (Å²) in [6, 6.07) is 17.8. The van der Waals surface area contributed by atoms with Gasteiger partial charge in [-0.05, 0) is 24.1 Å². The van der Waals surface area contributed by atoms with Crippen molar-refractivity contribution in [3.05, 3.63) is 83.4 Å². The van der Waals surface area contributed by atoms with Gasteiger partial charge in [-0.2, -0.15) is 0 Å². The van der Waals surface area contributed by atoms with Gasteiger partial charge in [0.1, 0.15) is 0 Å². The minimum atomic E-state index is -0.133. The van der Waals surface area contributed by atoms with E-state index in [1.807, 2.05) is 47.0 Å². The van der Waals surface area contributed by atoms with Crippen LogP contribution < -0.4 is 5.73 Å². The summed E-state index contributed by atoms with van der Waals surface area (Å²) in [4.78, 5) is 4.23. The summed E-state index contributed by atoms with van der Waals surface area (Å²) < 4.78 is 1.95. The van der Waals surface area contributed by atoms with Crippen LogP contribution in [0.15, 0.2) is 67.1 Å². The van der Waals surface area contributed by atoms with Crippen molar-refractivity contribution < 1.29 is 0 Å². The summed E-state index contributed by atoms with van der Waals surface area (Å²) in [6.07, 6.45) is 4.31. The lowest BCUT2D eigenvalue weighted by molar-refractivity contribution is 0.679. The van der Waals surface area contributed by atoms with Gasteiger partial charge in [-0.25, -0.2) is 4.98 Å². The molecular weight excluding hydrogens is 282 g/mol. The average Bonchev–Trinajstić information content (AvgIpc) is 2.98. The Morgan fingerprint density at radius 1 is 1.05 bits per heavy atom. The van der Waals surface area contributed by atoms with E-state index < -0.39 is 0 Å². The first kappa shape index (κ1) is 13.9. The number of para-hydroxylation sites is 1. The van der Waals surface area contributed by atoms with Crippen LogP contribution in [0, 0.1) is 0 Å². The van der Waals surface area contributed by atoms with Crippen molar-refractivity contribution in [2.75, 3.05) is 0 Å². The predicted octanol–water partition coefficient (Wildman–Crippen LogP) is 3.77. The highest BCUT2D eigenvalue weighted by Gasteiger charge is 2.14. The van der Waals surface area contributed by atoms with E-state index in [-0.39, 0.29) is 6.04 Å². The summed E-state index contributed by atoms with van der Waals surface area (Å²) in [6.45, 7) is 0. The molecule has 0 unspecified atom stereocenters. The third kappa shape index (κ3) is 2.99. The number of imidazole rings is 1. The van der Waals surface area contributed by atoms with Crippen molar-refractivity contribution in [2.24, 2.45) is 5.73 Å². The van der Waals surface area contributed by atoms with Crippen molar-refractivity contribution in [3.63, 3.8) is 0 Å². The van der Waals surface area contributed by atoms with Crippen LogP contribution in [0.3, 0.4) is 0 Å². The normalized spacial score (nSPS) is 12.3. The largest absolute Gasteiger partial charge is 0.322 e. The molecule has 2 aromatic carbocycles. The first-order valence-electron chi connectivity index (χ1n) is 6.82. The Hall–Kier alpha value is -2.10. The summed E-state index contributed by atoms with van der Waals surface area (Å²) in [7, 11) is 0. The molecule has 3 nitrogen and oxygen atoms in total. The van der Waals surface area contributed by atoms with Gasteiger partial charge >= 0.3 is 0 Å². The van der Waals surface area contributed by atoms with E-state index in [1.54, 1.807) is 12.5 Å². The monoisotopic (exact) mass is 297 g/mol. The molecule has 106 valence electrons. The van der Waals surface area contributed by atoms with Gasteiger partial charge in [0.15, 0.2) is 0 Å². The minimum Gasteiger partial charge on any atom is -0.322 e. The van der Waals surface area contributed by atoms with Crippen LogP contribution in [0.25, 0.3) is 5.69 Å². The Bertz CT molecular complexity index is 722. The molecule has 3 rings (SSSR count). The predicted molar refractivity (Wildman–Crippen MR) is 85.6 cm³/mol. The fourth-order valence-corrected chi connectivity index (χ4v) is 2.63. The van der Waals surface area contributed by atoms with Crippen LogP contribution in [0.1, 0.15) is 17.3 Å². The van der Waals surface area contributed by atoms with Crippen LogP contribution in [0.4, 0.5) is 0 Å². The van der Waals surface area contributed by atoms with E-state index in [1.165, 1.54) is 5.56 Å². The van der Waals surface area contributed by atoms with Gasteiger partial charge in [0, 0.05) is 0 Å². The van der Waals surface area contributed by atoms with Gasteiger partial charge < -0.3 is 10.3 Å². The molecule has 0 aliphatic rings. The minimum absolute atomic E-state index is 0.133. The van der Waals surface area contributed by atoms with Crippen molar-refractivity contribution in [1.82, 2.24) is 9.55 Å². The summed E-state index contributed by atoms with van der Waals surface area (Å²) in [5.74, 6) is 0. The summed E-state index contributed by atoms with van der Waals surface area (Å²) in [5, 5.41) is 0.684. The number of nitrogens with two attached hydrogens (primary N) is 1. The number of aromatic nitrogens is 2. The lowest BCUT2D eigenvalue weighted by atomic mass is 10.0. The molecule has 1 heterocycles. The smallest absolute Gasteiger partial charge is 0.0995 e. The van der Waals surface area contributed by atoms with Crippen LogP contribution in [0.2, 0.25) is 5.02 Å². The number of benzene rings is 2. The maximum atomic E-state index is 6.36. The molecule has 0 fully saturated rings. The highest BCUT2D eigenvalue weighted by atomic mass is 35.5. The van der Waals surface area contributed by atoms with Crippen LogP contribution in [0.5, 0.6) is 0 Å².